The zero-order valence-corrected chi connectivity index (χ0v) is 16.2. The van der Waals surface area contributed by atoms with Crippen LogP contribution in [0, 0.1) is 12.3 Å². The highest BCUT2D eigenvalue weighted by Gasteiger charge is 2.41. The average Bonchev–Trinajstić information content (AvgIpc) is 2.71. The molecule has 0 saturated carbocycles. The third-order valence-corrected chi connectivity index (χ3v) is 6.89. The van der Waals surface area contributed by atoms with E-state index in [0.29, 0.717) is 23.5 Å². The molecular weight excluding hydrogens is 338 g/mol. The molecule has 1 aromatic carbocycles. The van der Waals surface area contributed by atoms with Gasteiger partial charge in [0.1, 0.15) is 0 Å². The van der Waals surface area contributed by atoms with Crippen LogP contribution in [-0.2, 0) is 9.84 Å². The fraction of sp³-hybridized carbons (Fsp3) is 0.579. The Labute approximate surface area is 151 Å². The first-order valence-electron chi connectivity index (χ1n) is 8.59. The molecule has 0 spiro atoms. The SMILES string of the molecule is C#CC1NC(CC)(CCCC)CS(=O)(=O)c2cc(OC)c(OC)cc21. The van der Waals surface area contributed by atoms with E-state index >= 15 is 0 Å². The number of benzene rings is 1. The maximum atomic E-state index is 13.2. The van der Waals surface area contributed by atoms with Crippen LogP contribution < -0.4 is 14.8 Å². The van der Waals surface area contributed by atoms with E-state index in [4.69, 9.17) is 15.9 Å². The van der Waals surface area contributed by atoms with E-state index in [9.17, 15) is 8.42 Å². The molecule has 0 saturated heterocycles. The molecule has 2 rings (SSSR count). The van der Waals surface area contributed by atoms with Crippen molar-refractivity contribution in [1.29, 1.82) is 0 Å². The molecule has 1 N–H and O–H groups in total. The van der Waals surface area contributed by atoms with Gasteiger partial charge in [-0.3, -0.25) is 5.32 Å². The van der Waals surface area contributed by atoms with Crippen molar-refractivity contribution in [3.63, 3.8) is 0 Å². The number of ether oxygens (including phenoxy) is 2. The lowest BCUT2D eigenvalue weighted by molar-refractivity contribution is 0.300. The van der Waals surface area contributed by atoms with E-state index in [-0.39, 0.29) is 10.6 Å². The van der Waals surface area contributed by atoms with Gasteiger partial charge in [0.05, 0.1) is 30.9 Å². The van der Waals surface area contributed by atoms with Gasteiger partial charge in [-0.25, -0.2) is 8.42 Å². The van der Waals surface area contributed by atoms with E-state index in [1.165, 1.54) is 20.3 Å². The summed E-state index contributed by atoms with van der Waals surface area (Å²) in [6.07, 6.45) is 9.15. The lowest BCUT2D eigenvalue weighted by Crippen LogP contribution is -2.49. The topological polar surface area (TPSA) is 64.6 Å². The first-order chi connectivity index (χ1) is 11.9. The zero-order chi connectivity index (χ0) is 18.7. The van der Waals surface area contributed by atoms with Crippen molar-refractivity contribution >= 4 is 9.84 Å². The van der Waals surface area contributed by atoms with Crippen LogP contribution in [0.25, 0.3) is 0 Å². The molecule has 0 fully saturated rings. The lowest BCUT2D eigenvalue weighted by atomic mass is 9.90. The summed E-state index contributed by atoms with van der Waals surface area (Å²) in [4.78, 5) is 0.229. The highest BCUT2D eigenvalue weighted by atomic mass is 32.2. The number of hydrogen-bond acceptors (Lipinski definition) is 5. The third-order valence-electron chi connectivity index (χ3n) is 4.93. The number of hydrogen-bond donors (Lipinski definition) is 1. The Morgan fingerprint density at radius 1 is 1.28 bits per heavy atom. The van der Waals surface area contributed by atoms with Gasteiger partial charge < -0.3 is 9.47 Å². The smallest absolute Gasteiger partial charge is 0.180 e. The number of fused-ring (bicyclic) bond motifs is 1. The zero-order valence-electron chi connectivity index (χ0n) is 15.4. The molecule has 0 amide bonds. The van der Waals surface area contributed by atoms with Crippen molar-refractivity contribution in [3.05, 3.63) is 17.7 Å². The summed E-state index contributed by atoms with van der Waals surface area (Å²) in [5.41, 5.74) is 0.0118. The van der Waals surface area contributed by atoms with Crippen molar-refractivity contribution in [2.24, 2.45) is 0 Å². The molecule has 0 aromatic heterocycles. The van der Waals surface area contributed by atoms with Gasteiger partial charge in [0.25, 0.3) is 0 Å². The van der Waals surface area contributed by atoms with Crippen molar-refractivity contribution in [3.8, 4) is 23.8 Å². The van der Waals surface area contributed by atoms with Gasteiger partial charge in [-0.1, -0.05) is 32.6 Å². The molecule has 0 radical (unpaired) electrons. The first-order valence-corrected chi connectivity index (χ1v) is 10.2. The molecule has 1 aliphatic heterocycles. The highest BCUT2D eigenvalue weighted by molar-refractivity contribution is 7.91. The second kappa shape index (κ2) is 7.67. The van der Waals surface area contributed by atoms with Crippen molar-refractivity contribution in [1.82, 2.24) is 5.32 Å². The Balaban J connectivity index is 2.66. The molecule has 138 valence electrons. The molecule has 1 aromatic rings. The Kier molecular flexibility index (Phi) is 6.02. The quantitative estimate of drug-likeness (QED) is 0.785. The van der Waals surface area contributed by atoms with Gasteiger partial charge in [0.15, 0.2) is 21.3 Å². The third kappa shape index (κ3) is 3.78. The lowest BCUT2D eigenvalue weighted by Gasteiger charge is -2.34. The molecule has 1 aliphatic rings. The second-order valence-corrected chi connectivity index (χ2v) is 8.44. The Morgan fingerprint density at radius 2 is 1.92 bits per heavy atom. The van der Waals surface area contributed by atoms with Crippen LogP contribution in [0.5, 0.6) is 11.5 Å². The predicted octanol–water partition coefficient (Wildman–Crippen LogP) is 3.09. The van der Waals surface area contributed by atoms with Gasteiger partial charge in [0, 0.05) is 17.2 Å². The summed E-state index contributed by atoms with van der Waals surface area (Å²) in [5, 5.41) is 3.45. The molecule has 2 unspecified atom stereocenters. The molecule has 1 heterocycles. The summed E-state index contributed by atoms with van der Waals surface area (Å²) >= 11 is 0. The maximum absolute atomic E-state index is 13.2. The number of unbranched alkanes of at least 4 members (excludes halogenated alkanes) is 1. The van der Waals surface area contributed by atoms with Crippen molar-refractivity contribution in [2.75, 3.05) is 20.0 Å². The van der Waals surface area contributed by atoms with Crippen LogP contribution in [0.15, 0.2) is 17.0 Å². The highest BCUT2D eigenvalue weighted by Crippen LogP contribution is 2.40. The number of rotatable bonds is 6. The first kappa shape index (κ1) is 19.6. The van der Waals surface area contributed by atoms with Gasteiger partial charge in [-0.05, 0) is 18.9 Å². The van der Waals surface area contributed by atoms with E-state index in [1.54, 1.807) is 6.07 Å². The molecule has 5 nitrogen and oxygen atoms in total. The van der Waals surface area contributed by atoms with Crippen LogP contribution >= 0.6 is 0 Å². The monoisotopic (exact) mass is 365 g/mol. The van der Waals surface area contributed by atoms with Crippen molar-refractivity contribution in [2.45, 2.75) is 56.0 Å². The maximum Gasteiger partial charge on any atom is 0.180 e. The minimum Gasteiger partial charge on any atom is -0.493 e. The minimum absolute atomic E-state index is 0.0250. The van der Waals surface area contributed by atoms with Crippen LogP contribution in [-0.4, -0.2) is 33.9 Å². The summed E-state index contributed by atoms with van der Waals surface area (Å²) in [6, 6.07) is 2.71. The van der Waals surface area contributed by atoms with Crippen LogP contribution in [0.3, 0.4) is 0 Å². The van der Waals surface area contributed by atoms with E-state index < -0.39 is 21.4 Å². The van der Waals surface area contributed by atoms with Crippen LogP contribution in [0.2, 0.25) is 0 Å². The summed E-state index contributed by atoms with van der Waals surface area (Å²) in [7, 11) is -0.515. The van der Waals surface area contributed by atoms with Gasteiger partial charge in [-0.15, -0.1) is 6.42 Å². The summed E-state index contributed by atoms with van der Waals surface area (Å²) in [5.74, 6) is 3.60. The fourth-order valence-electron chi connectivity index (χ4n) is 3.41. The molecular formula is C19H27NO4S. The largest absolute Gasteiger partial charge is 0.493 e. The van der Waals surface area contributed by atoms with E-state index in [1.807, 2.05) is 6.92 Å². The second-order valence-electron chi connectivity index (χ2n) is 6.49. The molecule has 0 bridgehead atoms. The van der Waals surface area contributed by atoms with Gasteiger partial charge in [-0.2, -0.15) is 0 Å². The number of methoxy groups -OCH3 is 2. The minimum atomic E-state index is -3.52. The van der Waals surface area contributed by atoms with E-state index in [2.05, 4.69) is 18.2 Å². The average molecular weight is 365 g/mol. The Bertz CT molecular complexity index is 766. The van der Waals surface area contributed by atoms with Crippen LogP contribution in [0.4, 0.5) is 0 Å². The molecule has 0 aliphatic carbocycles. The molecule has 2 atom stereocenters. The molecule has 6 heteroatoms. The molecule has 25 heavy (non-hydrogen) atoms. The van der Waals surface area contributed by atoms with E-state index in [0.717, 1.165) is 19.3 Å². The Morgan fingerprint density at radius 3 is 2.44 bits per heavy atom. The number of terminal acetylenes is 1. The van der Waals surface area contributed by atoms with Crippen molar-refractivity contribution < 1.29 is 17.9 Å². The number of nitrogens with one attached hydrogen (secondary N) is 1. The van der Waals surface area contributed by atoms with Crippen LogP contribution in [0.1, 0.15) is 51.1 Å². The Hall–Kier alpha value is -1.71. The summed E-state index contributed by atoms with van der Waals surface area (Å²) in [6.45, 7) is 4.10. The standard InChI is InChI=1S/C19H27NO4S/c1-6-9-10-19(8-3)13-25(21,22)18-12-17(24-5)16(23-4)11-14(18)15(7-2)20-19/h2,11-12,15,20H,6,8-10,13H2,1,3-5H3. The summed E-state index contributed by atoms with van der Waals surface area (Å²) < 4.78 is 36.9. The normalized spacial score (nSPS) is 24.7. The van der Waals surface area contributed by atoms with Gasteiger partial charge in [0.2, 0.25) is 0 Å². The van der Waals surface area contributed by atoms with Gasteiger partial charge >= 0.3 is 0 Å². The predicted molar refractivity (Wildman–Crippen MR) is 98.9 cm³/mol. The number of sulfone groups is 1. The fourth-order valence-corrected chi connectivity index (χ4v) is 5.55.